The number of hydrogen-bond acceptors (Lipinski definition) is 2. The monoisotopic (exact) mass is 525 g/mol. The lowest BCUT2D eigenvalue weighted by Gasteiger charge is -2.46. The molecule has 3 fully saturated rings. The largest absolute Gasteiger partial charge is 0.550 e. The molecule has 1 aromatic rings. The molecule has 4 atom stereocenters. The lowest BCUT2D eigenvalue weighted by atomic mass is 9.60. The summed E-state index contributed by atoms with van der Waals surface area (Å²) in [5.74, 6) is 2.19. The maximum absolute atomic E-state index is 16.0. The van der Waals surface area contributed by atoms with Crippen LogP contribution in [0.5, 0.6) is 0 Å². The Morgan fingerprint density at radius 1 is 0.947 bits per heavy atom. The topological polar surface area (TPSA) is 40.1 Å². The van der Waals surface area contributed by atoms with Gasteiger partial charge in [-0.3, -0.25) is 0 Å². The van der Waals surface area contributed by atoms with E-state index in [9.17, 15) is 9.90 Å². The summed E-state index contributed by atoms with van der Waals surface area (Å²) in [6, 6.07) is 8.61. The number of halogens is 1. The minimum absolute atomic E-state index is 0.0943. The second-order valence-electron chi connectivity index (χ2n) is 13.5. The number of aliphatic carboxylic acids is 1. The Bertz CT molecular complexity index is 866. The third-order valence-corrected chi connectivity index (χ3v) is 11.3. The number of benzene rings is 1. The highest BCUT2D eigenvalue weighted by Crippen LogP contribution is 2.51. The Morgan fingerprint density at radius 2 is 1.61 bits per heavy atom. The van der Waals surface area contributed by atoms with Crippen LogP contribution in [-0.2, 0) is 10.2 Å². The summed E-state index contributed by atoms with van der Waals surface area (Å²) in [4.78, 5) is 11.5. The number of carbonyl (C=O) groups is 1. The fourth-order valence-electron chi connectivity index (χ4n) is 8.91. The van der Waals surface area contributed by atoms with Crippen molar-refractivity contribution in [1.29, 1.82) is 0 Å². The van der Waals surface area contributed by atoms with Gasteiger partial charge < -0.3 is 9.90 Å². The van der Waals surface area contributed by atoms with Gasteiger partial charge in [0.25, 0.3) is 0 Å². The number of hydrogen-bond donors (Lipinski definition) is 0. The average molecular weight is 526 g/mol. The zero-order valence-corrected chi connectivity index (χ0v) is 24.6. The van der Waals surface area contributed by atoms with E-state index in [0.29, 0.717) is 24.7 Å². The molecule has 3 aliphatic carbocycles. The molecule has 38 heavy (non-hydrogen) atoms. The van der Waals surface area contributed by atoms with Crippen molar-refractivity contribution >= 4 is 5.97 Å². The van der Waals surface area contributed by atoms with E-state index in [2.05, 4.69) is 45.0 Å². The fourth-order valence-corrected chi connectivity index (χ4v) is 8.91. The van der Waals surface area contributed by atoms with E-state index in [4.69, 9.17) is 0 Å². The predicted molar refractivity (Wildman–Crippen MR) is 154 cm³/mol. The average Bonchev–Trinajstić information content (AvgIpc) is 2.94. The molecular weight excluding hydrogens is 471 g/mol. The second kappa shape index (κ2) is 13.8. The molecule has 0 radical (unpaired) electrons. The highest BCUT2D eigenvalue weighted by molar-refractivity contribution is 5.68. The van der Waals surface area contributed by atoms with Crippen molar-refractivity contribution in [2.24, 2.45) is 29.6 Å². The van der Waals surface area contributed by atoms with Gasteiger partial charge >= 0.3 is 0 Å². The van der Waals surface area contributed by atoms with Gasteiger partial charge in [0.15, 0.2) is 0 Å². The quantitative estimate of drug-likeness (QED) is 0.271. The third-order valence-electron chi connectivity index (χ3n) is 11.3. The molecule has 0 amide bonds. The number of rotatable bonds is 11. The third kappa shape index (κ3) is 6.67. The van der Waals surface area contributed by atoms with Crippen molar-refractivity contribution in [3.8, 4) is 0 Å². The van der Waals surface area contributed by atoms with Crippen molar-refractivity contribution in [1.82, 2.24) is 0 Å². The van der Waals surface area contributed by atoms with Crippen molar-refractivity contribution in [3.05, 3.63) is 35.4 Å². The minimum atomic E-state index is -1.12. The zero-order chi connectivity index (χ0) is 27.1. The summed E-state index contributed by atoms with van der Waals surface area (Å²) in [5, 5.41) is 11.5. The van der Waals surface area contributed by atoms with Gasteiger partial charge in [-0.2, -0.15) is 0 Å². The molecule has 0 bridgehead atoms. The summed E-state index contributed by atoms with van der Waals surface area (Å²) in [7, 11) is 0. The molecule has 1 aromatic carbocycles. The lowest BCUT2D eigenvalue weighted by molar-refractivity contribution is -0.313. The molecule has 0 aromatic heterocycles. The van der Waals surface area contributed by atoms with Crippen molar-refractivity contribution < 1.29 is 14.3 Å². The molecule has 0 spiro atoms. The van der Waals surface area contributed by atoms with Gasteiger partial charge in [0.1, 0.15) is 6.17 Å². The first-order chi connectivity index (χ1) is 18.4. The summed E-state index contributed by atoms with van der Waals surface area (Å²) in [5.41, 5.74) is 1.94. The Hall–Kier alpha value is -1.38. The first-order valence-electron chi connectivity index (χ1n) is 16.3. The lowest BCUT2D eigenvalue weighted by Crippen LogP contribution is -2.47. The molecule has 0 aliphatic heterocycles. The number of carbonyl (C=O) groups excluding carboxylic acids is 1. The van der Waals surface area contributed by atoms with Gasteiger partial charge in [-0.05, 0) is 105 Å². The van der Waals surface area contributed by atoms with Crippen LogP contribution in [0, 0.1) is 29.6 Å². The standard InChI is InChI=1S/C35H55FO2/c1-4-6-7-10-26-13-15-28(16-14-26)29-19-17-27(18-20-29)25(3)31-11-8-9-12-32(31)35(22-5-2)23-21-30(34(37)38)24-33(35)36/h8-9,11-12,25-30,33H,4-7,10,13-24H2,1-3H3,(H,37,38)/p-1. The van der Waals surface area contributed by atoms with Crippen LogP contribution in [0.15, 0.2) is 24.3 Å². The molecule has 4 unspecified atom stereocenters. The maximum atomic E-state index is 16.0. The highest BCUT2D eigenvalue weighted by atomic mass is 19.1. The summed E-state index contributed by atoms with van der Waals surface area (Å²) in [6.45, 7) is 6.81. The first-order valence-corrected chi connectivity index (χ1v) is 16.3. The van der Waals surface area contributed by atoms with E-state index in [1.165, 1.54) is 88.2 Å². The van der Waals surface area contributed by atoms with Gasteiger partial charge in [0.2, 0.25) is 0 Å². The Labute approximate surface area is 232 Å². The Kier molecular flexibility index (Phi) is 10.7. The SMILES string of the molecule is CCCCCC1CCC(C2CCC(C(C)c3ccccc3C3(CCC)CCC(C(=O)[O-])CC3F)CC2)CC1. The van der Waals surface area contributed by atoms with Crippen molar-refractivity contribution in [3.63, 3.8) is 0 Å². The molecule has 3 aliphatic rings. The molecule has 2 nitrogen and oxygen atoms in total. The van der Waals surface area contributed by atoms with Gasteiger partial charge in [0.05, 0.1) is 0 Å². The van der Waals surface area contributed by atoms with Crippen LogP contribution in [0.4, 0.5) is 4.39 Å². The molecule has 0 N–H and O–H groups in total. The van der Waals surface area contributed by atoms with Gasteiger partial charge in [-0.1, -0.05) is 90.0 Å². The van der Waals surface area contributed by atoms with Crippen LogP contribution < -0.4 is 5.11 Å². The van der Waals surface area contributed by atoms with Crippen molar-refractivity contribution in [2.45, 2.75) is 147 Å². The van der Waals surface area contributed by atoms with Gasteiger partial charge in [-0.25, -0.2) is 4.39 Å². The van der Waals surface area contributed by atoms with Crippen LogP contribution in [0.25, 0.3) is 0 Å². The van der Waals surface area contributed by atoms with Crippen LogP contribution in [-0.4, -0.2) is 12.1 Å². The molecule has 3 heteroatoms. The van der Waals surface area contributed by atoms with Crippen molar-refractivity contribution in [2.75, 3.05) is 0 Å². The Balaban J connectivity index is 1.39. The smallest absolute Gasteiger partial charge is 0.110 e. The minimum Gasteiger partial charge on any atom is -0.550 e. The van der Waals surface area contributed by atoms with E-state index >= 15 is 4.39 Å². The number of carboxylic acid groups (broad SMARTS) is 1. The van der Waals surface area contributed by atoms with E-state index < -0.39 is 23.5 Å². The van der Waals surface area contributed by atoms with Crippen LogP contribution in [0.1, 0.15) is 147 Å². The molecule has 0 heterocycles. The summed E-state index contributed by atoms with van der Waals surface area (Å²) in [6.07, 6.45) is 18.5. The highest BCUT2D eigenvalue weighted by Gasteiger charge is 2.46. The maximum Gasteiger partial charge on any atom is 0.110 e. The molecule has 4 rings (SSSR count). The van der Waals surface area contributed by atoms with Crippen LogP contribution in [0.2, 0.25) is 0 Å². The normalized spacial score (nSPS) is 35.1. The zero-order valence-electron chi connectivity index (χ0n) is 24.6. The molecule has 0 saturated heterocycles. The summed E-state index contributed by atoms with van der Waals surface area (Å²) >= 11 is 0. The van der Waals surface area contributed by atoms with E-state index in [1.807, 2.05) is 0 Å². The molecule has 214 valence electrons. The van der Waals surface area contributed by atoms with E-state index in [-0.39, 0.29) is 6.42 Å². The number of alkyl halides is 1. The Morgan fingerprint density at radius 3 is 2.21 bits per heavy atom. The van der Waals surface area contributed by atoms with Gasteiger partial charge in [0, 0.05) is 17.3 Å². The van der Waals surface area contributed by atoms with E-state index in [0.717, 1.165) is 30.6 Å². The van der Waals surface area contributed by atoms with Gasteiger partial charge in [-0.15, -0.1) is 0 Å². The van der Waals surface area contributed by atoms with Crippen LogP contribution in [0.3, 0.4) is 0 Å². The fraction of sp³-hybridized carbons (Fsp3) is 0.800. The van der Waals surface area contributed by atoms with Crippen LogP contribution >= 0.6 is 0 Å². The molecular formula is C35H54FO2-. The number of carboxylic acids is 1. The first kappa shape index (κ1) is 29.6. The summed E-state index contributed by atoms with van der Waals surface area (Å²) < 4.78 is 16.0. The number of unbranched alkanes of at least 4 members (excludes halogenated alkanes) is 2. The predicted octanol–water partition coefficient (Wildman–Crippen LogP) is 8.91. The molecule has 3 saturated carbocycles. The van der Waals surface area contributed by atoms with E-state index in [1.54, 1.807) is 0 Å². The second-order valence-corrected chi connectivity index (χ2v) is 13.5.